The van der Waals surface area contributed by atoms with Crippen LogP contribution in [-0.2, 0) is 9.63 Å². The minimum atomic E-state index is 0. The third kappa shape index (κ3) is 8.71. The summed E-state index contributed by atoms with van der Waals surface area (Å²) in [5, 5.41) is 0. The second kappa shape index (κ2) is 8.71. The van der Waals surface area contributed by atoms with Gasteiger partial charge in [-0.1, -0.05) is 11.8 Å². The van der Waals surface area contributed by atoms with Gasteiger partial charge in [0.25, 0.3) is 0 Å². The van der Waals surface area contributed by atoms with Crippen molar-refractivity contribution in [3.63, 3.8) is 0 Å². The molecule has 0 spiro atoms. The number of hydroxylamine groups is 1. The van der Waals surface area contributed by atoms with E-state index in [-0.39, 0.29) is 36.0 Å². The molecule has 0 saturated heterocycles. The van der Waals surface area contributed by atoms with Crippen LogP contribution in [0.5, 0.6) is 0 Å². The van der Waals surface area contributed by atoms with Crippen molar-refractivity contribution in [3.05, 3.63) is 0 Å². The zero-order chi connectivity index (χ0) is 6.41. The Morgan fingerprint density at radius 1 is 1.89 bits per heavy atom. The van der Waals surface area contributed by atoms with Crippen molar-refractivity contribution in [1.82, 2.24) is 5.48 Å². The fourth-order valence-corrected chi connectivity index (χ4v) is 0.293. The molecule has 0 rings (SSSR count). The van der Waals surface area contributed by atoms with Crippen LogP contribution in [0, 0.1) is 0 Å². The molecule has 1 N–H and O–H groups in total. The summed E-state index contributed by atoms with van der Waals surface area (Å²) < 4.78 is 0.442. The summed E-state index contributed by atoms with van der Waals surface area (Å²) in [6, 6.07) is 0. The van der Waals surface area contributed by atoms with E-state index in [1.807, 2.05) is 0 Å². The van der Waals surface area contributed by atoms with Gasteiger partial charge in [0.05, 0.1) is 0 Å². The van der Waals surface area contributed by atoms with Crippen molar-refractivity contribution in [1.29, 1.82) is 0 Å². The number of thioether (sulfide) groups is 1. The van der Waals surface area contributed by atoms with E-state index in [9.17, 15) is 4.79 Å². The van der Waals surface area contributed by atoms with Crippen LogP contribution in [0.2, 0.25) is 0 Å². The molecule has 0 saturated carbocycles. The molecule has 48 valence electrons. The molecule has 0 aromatic carbocycles. The summed E-state index contributed by atoms with van der Waals surface area (Å²) in [5.74, 6) is 0. The van der Waals surface area contributed by atoms with Gasteiger partial charge in [0.1, 0.15) is 0 Å². The third-order valence-corrected chi connectivity index (χ3v) is 1.41. The van der Waals surface area contributed by atoms with Gasteiger partial charge in [0.15, 0.2) is 4.32 Å². The van der Waals surface area contributed by atoms with Crippen LogP contribution in [0.3, 0.4) is 0 Å². The zero-order valence-corrected chi connectivity index (χ0v) is 5.84. The number of hydrogen-bond donors (Lipinski definition) is 1. The first-order valence-corrected chi connectivity index (χ1v) is 3.38. The Hall–Kier alpha value is 0.710. The summed E-state index contributed by atoms with van der Waals surface area (Å²) in [6.07, 6.45) is 1.78. The van der Waals surface area contributed by atoms with E-state index >= 15 is 0 Å². The molecular weight excluding hydrogens is 169 g/mol. The summed E-state index contributed by atoms with van der Waals surface area (Å²) in [5.41, 5.74) is 2.21. The molecule has 0 fully saturated rings. The molecule has 3 nitrogen and oxygen atoms in total. The first-order valence-electron chi connectivity index (χ1n) is 1.74. The molecule has 0 heterocycles. The van der Waals surface area contributed by atoms with E-state index in [2.05, 4.69) is 22.5 Å². The van der Waals surface area contributed by atoms with Gasteiger partial charge in [0, 0.05) is 0 Å². The van der Waals surface area contributed by atoms with Gasteiger partial charge in [-0.25, -0.2) is 5.48 Å². The SMILES string of the molecule is CSC(=S)NOC=O.[NaH]. The number of hydrogen-bond acceptors (Lipinski definition) is 4. The molecule has 0 aliphatic heterocycles. The van der Waals surface area contributed by atoms with Crippen molar-refractivity contribution < 1.29 is 9.63 Å². The summed E-state index contributed by atoms with van der Waals surface area (Å²) in [4.78, 5) is 13.6. The Labute approximate surface area is 85.1 Å². The molecule has 0 aromatic heterocycles. The Balaban J connectivity index is 0. The van der Waals surface area contributed by atoms with Crippen LogP contribution in [-0.4, -0.2) is 46.6 Å². The Morgan fingerprint density at radius 3 is 2.78 bits per heavy atom. The van der Waals surface area contributed by atoms with E-state index in [1.165, 1.54) is 11.8 Å². The normalized spacial score (nSPS) is 6.78. The average Bonchev–Trinajstić information content (AvgIpc) is 1.83. The van der Waals surface area contributed by atoms with Gasteiger partial charge in [-0.05, 0) is 18.5 Å². The van der Waals surface area contributed by atoms with Crippen LogP contribution < -0.4 is 5.48 Å². The fourth-order valence-electron chi connectivity index (χ4n) is 0.114. The van der Waals surface area contributed by atoms with E-state index < -0.39 is 0 Å². The molecule has 0 amide bonds. The second-order valence-electron chi connectivity index (χ2n) is 0.808. The van der Waals surface area contributed by atoms with Gasteiger partial charge >= 0.3 is 36.0 Å². The molecule has 0 aliphatic rings. The van der Waals surface area contributed by atoms with Crippen LogP contribution in [0.1, 0.15) is 0 Å². The zero-order valence-electron chi connectivity index (χ0n) is 4.21. The van der Waals surface area contributed by atoms with E-state index in [0.717, 1.165) is 0 Å². The number of carbonyl (C=O) groups excluding carboxylic acids is 1. The Morgan fingerprint density at radius 2 is 2.44 bits per heavy atom. The van der Waals surface area contributed by atoms with Gasteiger partial charge in [-0.15, -0.1) is 0 Å². The minimum absolute atomic E-state index is 0. The number of rotatable bonds is 2. The van der Waals surface area contributed by atoms with E-state index in [1.54, 1.807) is 6.26 Å². The maximum absolute atomic E-state index is 9.47. The van der Waals surface area contributed by atoms with Gasteiger partial charge < -0.3 is 4.84 Å². The van der Waals surface area contributed by atoms with Crippen LogP contribution in [0.4, 0.5) is 0 Å². The molecule has 6 heteroatoms. The summed E-state index contributed by atoms with van der Waals surface area (Å²) in [7, 11) is 0. The van der Waals surface area contributed by atoms with Gasteiger partial charge in [-0.2, -0.15) is 0 Å². The molecular formula is C3H6NNaO2S2. The Bertz CT molecular complexity index is 99.8. The second-order valence-corrected chi connectivity index (χ2v) is 2.29. The summed E-state index contributed by atoms with van der Waals surface area (Å²) >= 11 is 5.89. The number of nitrogens with one attached hydrogen (secondary N) is 1. The van der Waals surface area contributed by atoms with Gasteiger partial charge in [0.2, 0.25) is 0 Å². The van der Waals surface area contributed by atoms with E-state index in [0.29, 0.717) is 4.32 Å². The number of thiocarbonyl (C=S) groups is 1. The molecule has 0 unspecified atom stereocenters. The first kappa shape index (κ1) is 12.4. The van der Waals surface area contributed by atoms with Crippen LogP contribution in [0.15, 0.2) is 0 Å². The van der Waals surface area contributed by atoms with Gasteiger partial charge in [-0.3, -0.25) is 4.79 Å². The van der Waals surface area contributed by atoms with Crippen LogP contribution in [0.25, 0.3) is 0 Å². The van der Waals surface area contributed by atoms with Crippen molar-refractivity contribution in [2.75, 3.05) is 6.26 Å². The predicted molar refractivity (Wildman–Crippen MR) is 43.5 cm³/mol. The number of carbonyl (C=O) groups is 1. The maximum atomic E-state index is 9.47. The standard InChI is InChI=1S/C3H5NO2S2.Na.H/c1-8-3(7)4-6-2-5;;/h2H,1H3,(H,4,7);;. The quantitative estimate of drug-likeness (QED) is 0.269. The predicted octanol–water partition coefficient (Wildman–Crippen LogP) is -0.337. The Kier molecular flexibility index (Phi) is 12.0. The fraction of sp³-hybridized carbons (Fsp3) is 0.333. The molecule has 0 bridgehead atoms. The summed E-state index contributed by atoms with van der Waals surface area (Å²) in [6.45, 7) is 0.280. The third-order valence-electron chi connectivity index (χ3n) is 0.376. The molecule has 0 aromatic rings. The van der Waals surface area contributed by atoms with Crippen LogP contribution >= 0.6 is 24.0 Å². The molecule has 0 atom stereocenters. The molecule has 0 aliphatic carbocycles. The monoisotopic (exact) mass is 175 g/mol. The average molecular weight is 175 g/mol. The topological polar surface area (TPSA) is 38.3 Å². The molecule has 9 heavy (non-hydrogen) atoms. The first-order chi connectivity index (χ1) is 3.81. The van der Waals surface area contributed by atoms with Crippen molar-refractivity contribution in [2.24, 2.45) is 0 Å². The van der Waals surface area contributed by atoms with E-state index in [4.69, 9.17) is 0 Å². The van der Waals surface area contributed by atoms with Crippen molar-refractivity contribution >= 4 is 64.3 Å². The van der Waals surface area contributed by atoms with Crippen molar-refractivity contribution in [2.45, 2.75) is 0 Å². The van der Waals surface area contributed by atoms with Crippen molar-refractivity contribution in [3.8, 4) is 0 Å². The molecule has 0 radical (unpaired) electrons.